The first kappa shape index (κ1) is 53.8. The Morgan fingerprint density at radius 1 is 0.544 bits per heavy atom. The van der Waals surface area contributed by atoms with Crippen LogP contribution < -0.4 is 5.11 Å². The first-order chi connectivity index (χ1) is 27.6. The summed E-state index contributed by atoms with van der Waals surface area (Å²) in [4.78, 5) is 36.8. The number of likely N-dealkylation sites (N-methyl/N-ethyl adjacent to an activating group) is 1. The molecule has 0 aromatic carbocycles. The van der Waals surface area contributed by atoms with Gasteiger partial charge < -0.3 is 28.6 Å². The highest BCUT2D eigenvalue weighted by molar-refractivity contribution is 5.70. The number of quaternary nitrogens is 1. The quantitative estimate of drug-likeness (QED) is 0.0264. The number of carbonyl (C=O) groups is 3. The van der Waals surface area contributed by atoms with Crippen LogP contribution in [0.1, 0.15) is 168 Å². The fourth-order valence-electron chi connectivity index (χ4n) is 6.09. The number of hydrogen-bond donors (Lipinski definition) is 0. The molecule has 0 fully saturated rings. The van der Waals surface area contributed by atoms with Gasteiger partial charge in [-0.05, 0) is 83.5 Å². The van der Waals surface area contributed by atoms with Gasteiger partial charge in [0.2, 0.25) is 0 Å². The number of unbranched alkanes of at least 4 members (excludes halogenated alkanes) is 13. The highest BCUT2D eigenvalue weighted by Crippen LogP contribution is 2.12. The van der Waals surface area contributed by atoms with Crippen LogP contribution in [0.15, 0.2) is 72.9 Å². The molecular weight excluding hydrogens is 715 g/mol. The van der Waals surface area contributed by atoms with Crippen molar-refractivity contribution in [2.45, 2.75) is 180 Å². The second kappa shape index (κ2) is 39.6. The summed E-state index contributed by atoms with van der Waals surface area (Å²) >= 11 is 0. The minimum atomic E-state index is -1.13. The lowest BCUT2D eigenvalue weighted by Crippen LogP contribution is -2.55. The van der Waals surface area contributed by atoms with Crippen molar-refractivity contribution < 1.29 is 38.2 Å². The molecule has 0 saturated carbocycles. The summed E-state index contributed by atoms with van der Waals surface area (Å²) in [6.07, 6.45) is 49.2. The molecule has 0 spiro atoms. The van der Waals surface area contributed by atoms with Crippen LogP contribution in [0.4, 0.5) is 0 Å². The van der Waals surface area contributed by atoms with Gasteiger partial charge in [0.05, 0.1) is 40.3 Å². The molecule has 0 rings (SSSR count). The normalized spacial score (nSPS) is 13.6. The smallest absolute Gasteiger partial charge is 0.306 e. The molecule has 2 atom stereocenters. The molecular formula is C49H83NO7. The maximum absolute atomic E-state index is 12.7. The predicted molar refractivity (Wildman–Crippen MR) is 235 cm³/mol. The van der Waals surface area contributed by atoms with E-state index in [1.165, 1.54) is 38.5 Å². The molecule has 0 aliphatic heterocycles. The summed E-state index contributed by atoms with van der Waals surface area (Å²) < 4.78 is 17.1. The Bertz CT molecular complexity index is 1160. The van der Waals surface area contributed by atoms with Gasteiger partial charge in [0.25, 0.3) is 0 Å². The van der Waals surface area contributed by atoms with E-state index < -0.39 is 18.1 Å². The van der Waals surface area contributed by atoms with Gasteiger partial charge in [0, 0.05) is 19.3 Å². The minimum absolute atomic E-state index is 0.0221. The number of esters is 2. The third-order valence-corrected chi connectivity index (χ3v) is 9.58. The fourth-order valence-corrected chi connectivity index (χ4v) is 6.09. The zero-order valence-corrected chi connectivity index (χ0v) is 37.0. The third-order valence-electron chi connectivity index (χ3n) is 9.58. The van der Waals surface area contributed by atoms with Crippen LogP contribution in [-0.2, 0) is 28.6 Å². The van der Waals surface area contributed by atoms with Crippen molar-refractivity contribution in [1.82, 2.24) is 0 Å². The number of allylic oxidation sites excluding steroid dienone is 12. The summed E-state index contributed by atoms with van der Waals surface area (Å²) in [5.74, 6) is -1.80. The molecule has 0 heterocycles. The Morgan fingerprint density at radius 3 is 1.49 bits per heavy atom. The van der Waals surface area contributed by atoms with Crippen molar-refractivity contribution in [2.24, 2.45) is 0 Å². The van der Waals surface area contributed by atoms with Gasteiger partial charge in [0.1, 0.15) is 12.6 Å². The maximum atomic E-state index is 12.7. The molecule has 0 radical (unpaired) electrons. The molecule has 0 aliphatic carbocycles. The van der Waals surface area contributed by atoms with Crippen molar-refractivity contribution in [3.63, 3.8) is 0 Å². The number of aliphatic carboxylic acids is 1. The second-order valence-electron chi connectivity index (χ2n) is 15.9. The van der Waals surface area contributed by atoms with E-state index in [0.717, 1.165) is 96.3 Å². The molecule has 0 aromatic heterocycles. The molecule has 57 heavy (non-hydrogen) atoms. The largest absolute Gasteiger partial charge is 0.544 e. The van der Waals surface area contributed by atoms with Crippen LogP contribution in [-0.4, -0.2) is 75.5 Å². The Hall–Kier alpha value is -3.23. The van der Waals surface area contributed by atoms with Crippen LogP contribution in [0.25, 0.3) is 0 Å². The van der Waals surface area contributed by atoms with Crippen LogP contribution in [0.3, 0.4) is 0 Å². The first-order valence-corrected chi connectivity index (χ1v) is 22.5. The summed E-state index contributed by atoms with van der Waals surface area (Å²) in [6, 6.07) is -0.736. The van der Waals surface area contributed by atoms with Gasteiger partial charge in [-0.15, -0.1) is 0 Å². The maximum Gasteiger partial charge on any atom is 0.306 e. The van der Waals surface area contributed by atoms with Crippen LogP contribution >= 0.6 is 0 Å². The lowest BCUT2D eigenvalue weighted by atomic mass is 10.1. The SMILES string of the molecule is CC/C=C/C/C=C/C/C=C/C/C=C/C/C=C/CCCCCCC(=O)OC(COCCC(C(=O)[O-])[N+](C)(C)C)COC(=O)CCCCC/C=C/CCCCCCCC. The van der Waals surface area contributed by atoms with E-state index >= 15 is 0 Å². The zero-order chi connectivity index (χ0) is 42.1. The van der Waals surface area contributed by atoms with E-state index in [9.17, 15) is 19.5 Å². The van der Waals surface area contributed by atoms with Crippen molar-refractivity contribution >= 4 is 17.9 Å². The number of carbonyl (C=O) groups excluding carboxylic acids is 3. The fraction of sp³-hybridized carbons (Fsp3) is 0.694. The topological polar surface area (TPSA) is 102 Å². The summed E-state index contributed by atoms with van der Waals surface area (Å²) in [5.41, 5.74) is 0. The lowest BCUT2D eigenvalue weighted by molar-refractivity contribution is -0.889. The van der Waals surface area contributed by atoms with Crippen molar-refractivity contribution in [1.29, 1.82) is 0 Å². The van der Waals surface area contributed by atoms with Crippen LogP contribution in [0, 0.1) is 0 Å². The third kappa shape index (κ3) is 38.1. The van der Waals surface area contributed by atoms with Gasteiger partial charge in [0.15, 0.2) is 6.10 Å². The molecule has 8 nitrogen and oxygen atoms in total. The molecule has 0 aromatic rings. The Labute approximate surface area is 349 Å². The number of rotatable bonds is 39. The Kier molecular flexibility index (Phi) is 37.3. The number of hydrogen-bond acceptors (Lipinski definition) is 7. The van der Waals surface area contributed by atoms with Crippen molar-refractivity contribution in [2.75, 3.05) is 41.0 Å². The minimum Gasteiger partial charge on any atom is -0.544 e. The van der Waals surface area contributed by atoms with Gasteiger partial charge in [-0.1, -0.05) is 138 Å². The zero-order valence-electron chi connectivity index (χ0n) is 37.0. The number of carboxylic acid groups (broad SMARTS) is 1. The number of carboxylic acids is 1. The average Bonchev–Trinajstić information content (AvgIpc) is 3.17. The number of nitrogens with zero attached hydrogens (tertiary/aromatic N) is 1. The van der Waals surface area contributed by atoms with E-state index in [0.29, 0.717) is 6.42 Å². The lowest BCUT2D eigenvalue weighted by Gasteiger charge is -2.34. The summed E-state index contributed by atoms with van der Waals surface area (Å²) in [7, 11) is 5.39. The van der Waals surface area contributed by atoms with E-state index in [1.807, 2.05) is 0 Å². The van der Waals surface area contributed by atoms with Crippen molar-refractivity contribution in [3.05, 3.63) is 72.9 Å². The van der Waals surface area contributed by atoms with Gasteiger partial charge in [-0.2, -0.15) is 0 Å². The first-order valence-electron chi connectivity index (χ1n) is 22.5. The Morgan fingerprint density at radius 2 is 0.982 bits per heavy atom. The van der Waals surface area contributed by atoms with E-state index in [-0.39, 0.29) is 49.1 Å². The van der Waals surface area contributed by atoms with E-state index in [4.69, 9.17) is 14.2 Å². The standard InChI is InChI=1S/C49H83NO7/c1-6-8-10-12-14-16-18-20-21-22-23-24-25-26-28-30-32-34-36-38-40-48(52)57-45(43-55-42-41-46(49(53)54)50(3,4)5)44-56-47(51)39-37-35-33-31-29-27-19-17-15-13-11-9-7-2/h8,10,14,16,20-21,23-24,26-29,45-46H,6-7,9,11-13,15,17-19,22,25,30-44H2,1-5H3/b10-8+,16-14+,21-20+,24-23+,28-26+,29-27+. The highest BCUT2D eigenvalue weighted by atomic mass is 16.6. The van der Waals surface area contributed by atoms with E-state index in [2.05, 4.69) is 86.8 Å². The van der Waals surface area contributed by atoms with Crippen LogP contribution in [0.2, 0.25) is 0 Å². The molecule has 0 N–H and O–H groups in total. The molecule has 8 heteroatoms. The summed E-state index contributed by atoms with van der Waals surface area (Å²) in [5, 5.41) is 11.6. The molecule has 2 unspecified atom stereocenters. The average molecular weight is 798 g/mol. The highest BCUT2D eigenvalue weighted by Gasteiger charge is 2.25. The summed E-state index contributed by atoms with van der Waals surface area (Å²) in [6.45, 7) is 4.48. The second-order valence-corrected chi connectivity index (χ2v) is 15.9. The molecule has 326 valence electrons. The monoisotopic (exact) mass is 798 g/mol. The molecule has 0 aliphatic rings. The van der Waals surface area contributed by atoms with E-state index in [1.54, 1.807) is 21.1 Å². The molecule has 0 saturated heterocycles. The predicted octanol–water partition coefficient (Wildman–Crippen LogP) is 11.0. The van der Waals surface area contributed by atoms with Crippen molar-refractivity contribution in [3.8, 4) is 0 Å². The van der Waals surface area contributed by atoms with Gasteiger partial charge in [-0.25, -0.2) is 0 Å². The molecule has 0 amide bonds. The van der Waals surface area contributed by atoms with Gasteiger partial charge >= 0.3 is 11.9 Å². The molecule has 0 bridgehead atoms. The Balaban J connectivity index is 4.42. The van der Waals surface area contributed by atoms with Crippen LogP contribution in [0.5, 0.6) is 0 Å². The van der Waals surface area contributed by atoms with Gasteiger partial charge in [-0.3, -0.25) is 9.59 Å². The number of ether oxygens (including phenoxy) is 3.